The fourth-order valence-corrected chi connectivity index (χ4v) is 2.06. The molecule has 1 aromatic rings. The summed E-state index contributed by atoms with van der Waals surface area (Å²) in [5, 5.41) is 18.6. The summed E-state index contributed by atoms with van der Waals surface area (Å²) in [6.07, 6.45) is 1.04. The zero-order valence-corrected chi connectivity index (χ0v) is 10.8. The van der Waals surface area contributed by atoms with E-state index in [9.17, 15) is 5.11 Å². The van der Waals surface area contributed by atoms with E-state index < -0.39 is 6.10 Å². The van der Waals surface area contributed by atoms with E-state index in [4.69, 9.17) is 9.84 Å². The molecule has 0 saturated carbocycles. The molecule has 0 amide bonds. The maximum absolute atomic E-state index is 9.45. The van der Waals surface area contributed by atoms with E-state index in [0.717, 1.165) is 11.4 Å². The number of aromatic nitrogens is 1. The second-order valence-corrected chi connectivity index (χ2v) is 4.77. The van der Waals surface area contributed by atoms with Crippen molar-refractivity contribution in [2.75, 3.05) is 24.7 Å². The van der Waals surface area contributed by atoms with Crippen molar-refractivity contribution in [2.45, 2.75) is 32.1 Å². The Bertz CT molecular complexity index is 380. The number of aliphatic hydroxyl groups excluding tert-OH is 2. The lowest BCUT2D eigenvalue weighted by molar-refractivity contribution is -0.0105. The highest BCUT2D eigenvalue weighted by Gasteiger charge is 2.26. The molecule has 2 N–H and O–H groups in total. The van der Waals surface area contributed by atoms with E-state index >= 15 is 0 Å². The van der Waals surface area contributed by atoms with Crippen LogP contribution in [0.15, 0.2) is 18.3 Å². The number of hydrogen-bond donors (Lipinski definition) is 2. The van der Waals surface area contributed by atoms with Crippen LogP contribution in [-0.2, 0) is 4.74 Å². The van der Waals surface area contributed by atoms with Gasteiger partial charge in [0.15, 0.2) is 0 Å². The predicted molar refractivity (Wildman–Crippen MR) is 68.5 cm³/mol. The third-order valence-electron chi connectivity index (χ3n) is 3.26. The maximum atomic E-state index is 9.45. The van der Waals surface area contributed by atoms with E-state index in [1.165, 1.54) is 0 Å². The van der Waals surface area contributed by atoms with Crippen molar-refractivity contribution in [3.8, 4) is 0 Å². The van der Waals surface area contributed by atoms with Crippen LogP contribution in [0.3, 0.4) is 0 Å². The van der Waals surface area contributed by atoms with Gasteiger partial charge in [-0.15, -0.1) is 0 Å². The molecule has 0 aliphatic carbocycles. The number of rotatable bonds is 3. The minimum Gasteiger partial charge on any atom is -0.394 e. The number of aliphatic hydroxyl groups is 2. The van der Waals surface area contributed by atoms with Gasteiger partial charge in [-0.2, -0.15) is 0 Å². The SMILES string of the molecule is CC(O)c1ccc(N2CC(CO)OCC2C)nc1. The molecule has 2 rings (SSSR count). The van der Waals surface area contributed by atoms with Crippen LogP contribution >= 0.6 is 0 Å². The first kappa shape index (κ1) is 13.3. The topological polar surface area (TPSA) is 65.8 Å². The second-order valence-electron chi connectivity index (χ2n) is 4.77. The highest BCUT2D eigenvalue weighted by Crippen LogP contribution is 2.21. The van der Waals surface area contributed by atoms with Crippen molar-refractivity contribution in [3.05, 3.63) is 23.9 Å². The van der Waals surface area contributed by atoms with Gasteiger partial charge in [-0.25, -0.2) is 4.98 Å². The van der Waals surface area contributed by atoms with Crippen molar-refractivity contribution in [3.63, 3.8) is 0 Å². The van der Waals surface area contributed by atoms with Gasteiger partial charge in [0.1, 0.15) is 5.82 Å². The summed E-state index contributed by atoms with van der Waals surface area (Å²) < 4.78 is 5.49. The smallest absolute Gasteiger partial charge is 0.128 e. The minimum atomic E-state index is -0.501. The Hall–Kier alpha value is -1.17. The van der Waals surface area contributed by atoms with Gasteiger partial charge in [0.25, 0.3) is 0 Å². The summed E-state index contributed by atoms with van der Waals surface area (Å²) in [7, 11) is 0. The number of morpholine rings is 1. The summed E-state index contributed by atoms with van der Waals surface area (Å²) in [5.74, 6) is 0.855. The van der Waals surface area contributed by atoms with E-state index in [0.29, 0.717) is 13.2 Å². The first-order valence-corrected chi connectivity index (χ1v) is 6.25. The maximum Gasteiger partial charge on any atom is 0.128 e. The monoisotopic (exact) mass is 252 g/mol. The van der Waals surface area contributed by atoms with Crippen molar-refractivity contribution in [1.82, 2.24) is 4.98 Å². The Balaban J connectivity index is 2.13. The Labute approximate surface area is 107 Å². The number of nitrogens with zero attached hydrogens (tertiary/aromatic N) is 2. The first-order chi connectivity index (χ1) is 8.61. The molecule has 0 spiro atoms. The van der Waals surface area contributed by atoms with Gasteiger partial charge in [0, 0.05) is 12.7 Å². The first-order valence-electron chi connectivity index (χ1n) is 6.25. The van der Waals surface area contributed by atoms with Crippen molar-refractivity contribution in [1.29, 1.82) is 0 Å². The molecule has 18 heavy (non-hydrogen) atoms. The Kier molecular flexibility index (Phi) is 4.16. The molecule has 0 radical (unpaired) electrons. The van der Waals surface area contributed by atoms with Gasteiger partial charge >= 0.3 is 0 Å². The van der Waals surface area contributed by atoms with Gasteiger partial charge in [-0.3, -0.25) is 0 Å². The van der Waals surface area contributed by atoms with E-state index in [2.05, 4.69) is 16.8 Å². The average Bonchev–Trinajstić information content (AvgIpc) is 2.39. The van der Waals surface area contributed by atoms with Gasteiger partial charge in [-0.1, -0.05) is 6.07 Å². The van der Waals surface area contributed by atoms with Crippen molar-refractivity contribution < 1.29 is 14.9 Å². The molecule has 2 heterocycles. The molecule has 1 saturated heterocycles. The average molecular weight is 252 g/mol. The molecule has 1 aromatic heterocycles. The summed E-state index contributed by atoms with van der Waals surface area (Å²) in [4.78, 5) is 6.49. The van der Waals surface area contributed by atoms with Gasteiger partial charge < -0.3 is 19.8 Å². The van der Waals surface area contributed by atoms with Crippen LogP contribution < -0.4 is 4.90 Å². The van der Waals surface area contributed by atoms with Crippen LogP contribution in [0.5, 0.6) is 0 Å². The lowest BCUT2D eigenvalue weighted by atomic mass is 10.1. The molecular formula is C13H20N2O3. The van der Waals surface area contributed by atoms with Gasteiger partial charge in [-0.05, 0) is 25.5 Å². The number of hydrogen-bond acceptors (Lipinski definition) is 5. The van der Waals surface area contributed by atoms with Crippen LogP contribution in [0.1, 0.15) is 25.5 Å². The van der Waals surface area contributed by atoms with E-state index in [1.807, 2.05) is 12.1 Å². The highest BCUT2D eigenvalue weighted by molar-refractivity contribution is 5.41. The Morgan fingerprint density at radius 1 is 1.56 bits per heavy atom. The normalized spacial score (nSPS) is 26.1. The molecule has 5 heteroatoms. The number of anilines is 1. The summed E-state index contributed by atoms with van der Waals surface area (Å²) >= 11 is 0. The number of pyridine rings is 1. The van der Waals surface area contributed by atoms with E-state index in [1.54, 1.807) is 13.1 Å². The lowest BCUT2D eigenvalue weighted by Gasteiger charge is -2.38. The second kappa shape index (κ2) is 5.65. The molecule has 100 valence electrons. The van der Waals surface area contributed by atoms with E-state index in [-0.39, 0.29) is 18.8 Å². The quantitative estimate of drug-likeness (QED) is 0.830. The molecule has 1 aliphatic heterocycles. The molecule has 5 nitrogen and oxygen atoms in total. The zero-order chi connectivity index (χ0) is 13.1. The van der Waals surface area contributed by atoms with Crippen LogP contribution in [0.2, 0.25) is 0 Å². The van der Waals surface area contributed by atoms with Crippen molar-refractivity contribution in [2.24, 2.45) is 0 Å². The Morgan fingerprint density at radius 3 is 2.89 bits per heavy atom. The molecule has 3 unspecified atom stereocenters. The van der Waals surface area contributed by atoms with Crippen LogP contribution in [0, 0.1) is 0 Å². The minimum absolute atomic E-state index is 0.0228. The summed E-state index contributed by atoms with van der Waals surface area (Å²) in [5.41, 5.74) is 0.804. The Morgan fingerprint density at radius 2 is 2.33 bits per heavy atom. The summed E-state index contributed by atoms with van der Waals surface area (Å²) in [6.45, 7) is 5.03. The van der Waals surface area contributed by atoms with Crippen LogP contribution in [-0.4, -0.2) is 47.1 Å². The third-order valence-corrected chi connectivity index (χ3v) is 3.26. The molecule has 1 fully saturated rings. The standard InChI is InChI=1S/C13H20N2O3/c1-9-8-18-12(7-16)6-15(9)13-4-3-11(5-14-13)10(2)17/h3-5,9-10,12,16-17H,6-8H2,1-2H3. The molecule has 1 aliphatic rings. The lowest BCUT2D eigenvalue weighted by Crippen LogP contribution is -2.49. The fourth-order valence-electron chi connectivity index (χ4n) is 2.06. The molecular weight excluding hydrogens is 232 g/mol. The third kappa shape index (κ3) is 2.80. The largest absolute Gasteiger partial charge is 0.394 e. The zero-order valence-electron chi connectivity index (χ0n) is 10.8. The highest BCUT2D eigenvalue weighted by atomic mass is 16.5. The number of ether oxygens (including phenoxy) is 1. The summed E-state index contributed by atoms with van der Waals surface area (Å²) in [6, 6.07) is 4.01. The van der Waals surface area contributed by atoms with Gasteiger partial charge in [0.05, 0.1) is 31.5 Å². The molecule has 0 bridgehead atoms. The molecule has 0 aromatic carbocycles. The van der Waals surface area contributed by atoms with Crippen LogP contribution in [0.25, 0.3) is 0 Å². The van der Waals surface area contributed by atoms with Crippen molar-refractivity contribution >= 4 is 5.82 Å². The molecule has 3 atom stereocenters. The predicted octanol–water partition coefficient (Wildman–Crippen LogP) is 0.721. The van der Waals surface area contributed by atoms with Crippen LogP contribution in [0.4, 0.5) is 5.82 Å². The van der Waals surface area contributed by atoms with Gasteiger partial charge in [0.2, 0.25) is 0 Å². The fraction of sp³-hybridized carbons (Fsp3) is 0.615.